The summed E-state index contributed by atoms with van der Waals surface area (Å²) in [5, 5.41) is 10.4. The number of ether oxygens (including phenoxy) is 1. The summed E-state index contributed by atoms with van der Waals surface area (Å²) < 4.78 is 21.5. The quantitative estimate of drug-likeness (QED) is 0.426. The third-order valence-corrected chi connectivity index (χ3v) is 8.14. The predicted molar refractivity (Wildman–Crippen MR) is 127 cm³/mol. The lowest BCUT2D eigenvalue weighted by Crippen LogP contribution is -2.47. The lowest BCUT2D eigenvalue weighted by Gasteiger charge is -2.42. The molecule has 2 aromatic carbocycles. The topological polar surface area (TPSA) is 49.8 Å². The van der Waals surface area contributed by atoms with Gasteiger partial charge in [-0.15, -0.1) is 0 Å². The monoisotopic (exact) mass is 527 g/mol. The predicted octanol–water partition coefficient (Wildman–Crippen LogP) is 4.99. The van der Waals surface area contributed by atoms with Gasteiger partial charge in [0.1, 0.15) is 11.0 Å². The van der Waals surface area contributed by atoms with Gasteiger partial charge in [0, 0.05) is 6.54 Å². The maximum atomic E-state index is 13.7. The fraction of sp³-hybridized carbons (Fsp3) is 0.478. The van der Waals surface area contributed by atoms with E-state index in [1.165, 1.54) is 0 Å². The maximum absolute atomic E-state index is 13.7. The molecule has 5 atom stereocenters. The average Bonchev–Trinajstić information content (AvgIpc) is 2.70. The largest absolute Gasteiger partial charge is 0.367 e. The van der Waals surface area contributed by atoms with E-state index in [9.17, 15) is 9.32 Å². The molecular weight excluding hydrogens is 497 g/mol. The van der Waals surface area contributed by atoms with Crippen molar-refractivity contribution < 1.29 is 14.1 Å². The van der Waals surface area contributed by atoms with E-state index in [-0.39, 0.29) is 16.1 Å². The Morgan fingerprint density at radius 3 is 2.24 bits per heavy atom. The van der Waals surface area contributed by atoms with Gasteiger partial charge in [-0.3, -0.25) is 0 Å². The molecule has 4 nitrogen and oxygen atoms in total. The van der Waals surface area contributed by atoms with Crippen LogP contribution in [0.25, 0.3) is 0 Å². The smallest absolute Gasteiger partial charge is 0.166 e. The van der Waals surface area contributed by atoms with Gasteiger partial charge < -0.3 is 9.84 Å². The van der Waals surface area contributed by atoms with Crippen LogP contribution in [0.2, 0.25) is 0 Å². The minimum atomic E-state index is -1.26. The number of hydrogen-bond donors (Lipinski definition) is 1. The van der Waals surface area contributed by atoms with E-state index >= 15 is 0 Å². The van der Waals surface area contributed by atoms with Gasteiger partial charge in [-0.05, 0) is 44.7 Å². The van der Waals surface area contributed by atoms with Crippen LogP contribution in [0.15, 0.2) is 60.7 Å². The standard InChI is InChI=1S/C23H30INO3S/c1-23(2,3)29(27)25(16-17-10-6-4-7-11-17)21(18-12-8-5-9-13-18)20-15-14-19(24)22(26)28-20/h4-13,19-22,26H,14-16H2,1-3H3/t19?,20-,21+,22?,29?/m0/s1. The molecule has 0 aliphatic carbocycles. The molecule has 29 heavy (non-hydrogen) atoms. The van der Waals surface area contributed by atoms with Crippen molar-refractivity contribution in [3.05, 3.63) is 71.8 Å². The first-order valence-electron chi connectivity index (χ1n) is 10.0. The van der Waals surface area contributed by atoms with Crippen LogP contribution >= 0.6 is 22.6 Å². The minimum absolute atomic E-state index is 0.0796. The van der Waals surface area contributed by atoms with E-state index in [2.05, 4.69) is 51.2 Å². The van der Waals surface area contributed by atoms with Gasteiger partial charge in [-0.25, -0.2) is 8.51 Å². The molecule has 158 valence electrons. The first kappa shape index (κ1) is 22.9. The summed E-state index contributed by atoms with van der Waals surface area (Å²) >= 11 is 2.24. The van der Waals surface area contributed by atoms with Gasteiger partial charge in [0.25, 0.3) is 0 Å². The first-order valence-corrected chi connectivity index (χ1v) is 12.4. The summed E-state index contributed by atoms with van der Waals surface area (Å²) in [6, 6.07) is 20.0. The second-order valence-electron chi connectivity index (χ2n) is 8.44. The number of nitrogens with zero attached hydrogens (tertiary/aromatic N) is 1. The number of aliphatic hydroxyl groups is 1. The van der Waals surface area contributed by atoms with E-state index < -0.39 is 22.0 Å². The molecule has 0 spiro atoms. The highest BCUT2D eigenvalue weighted by Gasteiger charge is 2.40. The molecule has 1 fully saturated rings. The van der Waals surface area contributed by atoms with Crippen molar-refractivity contribution in [1.82, 2.24) is 4.31 Å². The normalized spacial score (nSPS) is 25.0. The molecule has 1 aliphatic heterocycles. The summed E-state index contributed by atoms with van der Waals surface area (Å²) in [5.41, 5.74) is 2.17. The number of halogens is 1. The molecule has 0 amide bonds. The van der Waals surface area contributed by atoms with Crippen LogP contribution in [-0.2, 0) is 22.3 Å². The molecule has 0 bridgehead atoms. The Kier molecular flexibility index (Phi) is 7.89. The van der Waals surface area contributed by atoms with Crippen molar-refractivity contribution in [2.75, 3.05) is 0 Å². The Hall–Kier alpha value is -0.800. The van der Waals surface area contributed by atoms with Gasteiger partial charge in [0.05, 0.1) is 20.8 Å². The molecule has 3 rings (SSSR count). The fourth-order valence-corrected chi connectivity index (χ4v) is 5.59. The molecule has 1 heterocycles. The van der Waals surface area contributed by atoms with E-state index in [1.54, 1.807) is 0 Å². The Morgan fingerprint density at radius 1 is 1.10 bits per heavy atom. The highest BCUT2D eigenvalue weighted by atomic mass is 127. The lowest BCUT2D eigenvalue weighted by molar-refractivity contribution is -0.170. The summed E-state index contributed by atoms with van der Waals surface area (Å²) in [4.78, 5) is 0. The Balaban J connectivity index is 2.03. The van der Waals surface area contributed by atoms with Crippen LogP contribution in [0.4, 0.5) is 0 Å². The number of benzene rings is 2. The van der Waals surface area contributed by atoms with Crippen LogP contribution in [0, 0.1) is 0 Å². The SMILES string of the molecule is CC(C)(C)S(=O)N(Cc1ccccc1)[C@H](c1ccccc1)[C@@H]1CCC(I)C(O)O1. The lowest BCUT2D eigenvalue weighted by atomic mass is 9.95. The fourth-order valence-electron chi connectivity index (χ4n) is 3.62. The van der Waals surface area contributed by atoms with Gasteiger partial charge in [0.15, 0.2) is 6.29 Å². The Morgan fingerprint density at radius 2 is 1.69 bits per heavy atom. The second-order valence-corrected chi connectivity index (χ2v) is 12.2. The average molecular weight is 527 g/mol. The first-order chi connectivity index (χ1) is 13.8. The third-order valence-electron chi connectivity index (χ3n) is 5.07. The van der Waals surface area contributed by atoms with Crippen LogP contribution < -0.4 is 0 Å². The van der Waals surface area contributed by atoms with Crippen molar-refractivity contribution in [2.24, 2.45) is 0 Å². The Labute approximate surface area is 190 Å². The molecular formula is C23H30INO3S. The van der Waals surface area contributed by atoms with Gasteiger partial charge in [0.2, 0.25) is 0 Å². The van der Waals surface area contributed by atoms with Crippen molar-refractivity contribution >= 4 is 33.6 Å². The van der Waals surface area contributed by atoms with Crippen molar-refractivity contribution in [1.29, 1.82) is 0 Å². The molecule has 1 aliphatic rings. The number of hydrogen-bond acceptors (Lipinski definition) is 3. The highest BCUT2D eigenvalue weighted by molar-refractivity contribution is 14.1. The van der Waals surface area contributed by atoms with Gasteiger partial charge in [-0.2, -0.15) is 0 Å². The van der Waals surface area contributed by atoms with Crippen molar-refractivity contribution in [3.63, 3.8) is 0 Å². The maximum Gasteiger partial charge on any atom is 0.166 e. The van der Waals surface area contributed by atoms with Gasteiger partial charge >= 0.3 is 0 Å². The van der Waals surface area contributed by atoms with Gasteiger partial charge in [-0.1, -0.05) is 83.3 Å². The van der Waals surface area contributed by atoms with Crippen LogP contribution in [0.3, 0.4) is 0 Å². The zero-order valence-corrected chi connectivity index (χ0v) is 20.2. The van der Waals surface area contributed by atoms with E-state index in [0.717, 1.165) is 24.0 Å². The molecule has 0 radical (unpaired) electrons. The molecule has 3 unspecified atom stereocenters. The highest BCUT2D eigenvalue weighted by Crippen LogP contribution is 2.38. The minimum Gasteiger partial charge on any atom is -0.367 e. The second kappa shape index (κ2) is 10.0. The summed E-state index contributed by atoms with van der Waals surface area (Å²) in [7, 11) is -1.26. The number of aliphatic hydroxyl groups excluding tert-OH is 1. The van der Waals surface area contributed by atoms with E-state index in [4.69, 9.17) is 4.74 Å². The zero-order chi connectivity index (χ0) is 21.0. The molecule has 0 aromatic heterocycles. The summed E-state index contributed by atoms with van der Waals surface area (Å²) in [5.74, 6) is 0. The van der Waals surface area contributed by atoms with Crippen LogP contribution in [0.1, 0.15) is 50.8 Å². The van der Waals surface area contributed by atoms with Crippen LogP contribution in [0.5, 0.6) is 0 Å². The third kappa shape index (κ3) is 5.88. The van der Waals surface area contributed by atoms with E-state index in [1.807, 2.05) is 57.2 Å². The summed E-state index contributed by atoms with van der Waals surface area (Å²) in [6.07, 6.45) is 0.657. The van der Waals surface area contributed by atoms with Crippen molar-refractivity contribution in [3.8, 4) is 0 Å². The Bertz CT molecular complexity index is 797. The number of alkyl halides is 1. The zero-order valence-electron chi connectivity index (χ0n) is 17.2. The van der Waals surface area contributed by atoms with Crippen molar-refractivity contribution in [2.45, 2.75) is 67.3 Å². The molecule has 1 N–H and O–H groups in total. The molecule has 0 saturated carbocycles. The summed E-state index contributed by atoms with van der Waals surface area (Å²) in [6.45, 7) is 6.55. The molecule has 6 heteroatoms. The molecule has 2 aromatic rings. The molecule has 1 saturated heterocycles. The van der Waals surface area contributed by atoms with E-state index in [0.29, 0.717) is 6.54 Å². The number of rotatable bonds is 6. The van der Waals surface area contributed by atoms with Crippen LogP contribution in [-0.4, -0.2) is 34.7 Å².